The van der Waals surface area contributed by atoms with Crippen LogP contribution < -0.4 is 14.8 Å². The van der Waals surface area contributed by atoms with E-state index in [2.05, 4.69) is 15.5 Å². The van der Waals surface area contributed by atoms with Crippen LogP contribution in [-0.4, -0.2) is 58.5 Å². The Bertz CT molecular complexity index is 1640. The Morgan fingerprint density at radius 3 is 2.51 bits per heavy atom. The van der Waals surface area contributed by atoms with Crippen molar-refractivity contribution in [2.24, 2.45) is 0 Å². The van der Waals surface area contributed by atoms with Crippen LogP contribution >= 0.6 is 11.8 Å². The summed E-state index contributed by atoms with van der Waals surface area (Å²) < 4.78 is 40.4. The largest absolute Gasteiger partial charge is 0.454 e. The number of nitrogens with zero attached hydrogens (tertiary/aromatic N) is 4. The number of hydrogen-bond donors (Lipinski definition) is 1. The maximum absolute atomic E-state index is 13.2. The van der Waals surface area contributed by atoms with E-state index in [9.17, 15) is 13.2 Å². The number of fused-ring (bicyclic) bond motifs is 1. The molecule has 0 saturated heterocycles. The van der Waals surface area contributed by atoms with Gasteiger partial charge in [0.25, 0.3) is 0 Å². The molecule has 41 heavy (non-hydrogen) atoms. The minimum absolute atomic E-state index is 0.163. The number of aromatic nitrogens is 3. The highest BCUT2D eigenvalue weighted by Gasteiger charge is 2.25. The molecule has 5 rings (SSSR count). The van der Waals surface area contributed by atoms with Crippen molar-refractivity contribution in [1.29, 1.82) is 0 Å². The van der Waals surface area contributed by atoms with Gasteiger partial charge in [-0.3, -0.25) is 9.36 Å². The first kappa shape index (κ1) is 28.7. The summed E-state index contributed by atoms with van der Waals surface area (Å²) in [7, 11) is -3.66. The zero-order valence-corrected chi connectivity index (χ0v) is 24.6. The summed E-state index contributed by atoms with van der Waals surface area (Å²) in [6, 6.07) is 21.8. The first-order valence-electron chi connectivity index (χ1n) is 13.3. The molecule has 12 heteroatoms. The van der Waals surface area contributed by atoms with Crippen LogP contribution in [0.2, 0.25) is 0 Å². The second-order valence-corrected chi connectivity index (χ2v) is 12.5. The molecular weight excluding hydrogens is 562 g/mol. The average Bonchev–Trinajstić information content (AvgIpc) is 3.63. The molecule has 0 bridgehead atoms. The lowest BCUT2D eigenvalue weighted by Crippen LogP contribution is -2.30. The number of sulfonamides is 1. The molecule has 1 aromatic heterocycles. The molecule has 0 unspecified atom stereocenters. The summed E-state index contributed by atoms with van der Waals surface area (Å²) >= 11 is 1.27. The van der Waals surface area contributed by atoms with Crippen molar-refractivity contribution >= 4 is 27.7 Å². The fourth-order valence-corrected chi connectivity index (χ4v) is 6.84. The van der Waals surface area contributed by atoms with E-state index >= 15 is 0 Å². The summed E-state index contributed by atoms with van der Waals surface area (Å²) in [5.74, 6) is 1.67. The van der Waals surface area contributed by atoms with Gasteiger partial charge in [0.15, 0.2) is 22.5 Å². The number of amides is 1. The van der Waals surface area contributed by atoms with Crippen LogP contribution in [0.4, 0.5) is 0 Å². The van der Waals surface area contributed by atoms with E-state index in [4.69, 9.17) is 9.47 Å². The van der Waals surface area contributed by atoms with Gasteiger partial charge in [0.1, 0.15) is 0 Å². The monoisotopic (exact) mass is 593 g/mol. The first-order chi connectivity index (χ1) is 19.8. The molecule has 0 radical (unpaired) electrons. The molecule has 1 aliphatic heterocycles. The molecule has 4 aromatic rings. The van der Waals surface area contributed by atoms with Crippen LogP contribution in [0.25, 0.3) is 17.1 Å². The number of rotatable bonds is 11. The number of carbonyl (C=O) groups excluding carboxylic acids is 1. The Morgan fingerprint density at radius 2 is 1.76 bits per heavy atom. The SMILES string of the molecule is CCN(CC)S(=O)(=O)c1cccc(-c2nnc(S[C@@H](C)C(=O)NCc3ccc4c(c3)OCO4)n2-c2ccccc2)c1. The number of carbonyl (C=O) groups is 1. The van der Waals surface area contributed by atoms with Crippen molar-refractivity contribution in [2.75, 3.05) is 19.9 Å². The minimum Gasteiger partial charge on any atom is -0.454 e. The highest BCUT2D eigenvalue weighted by molar-refractivity contribution is 8.00. The van der Waals surface area contributed by atoms with E-state index in [-0.39, 0.29) is 17.6 Å². The Morgan fingerprint density at radius 1 is 1.00 bits per heavy atom. The molecule has 0 fully saturated rings. The van der Waals surface area contributed by atoms with Gasteiger partial charge in [-0.05, 0) is 48.9 Å². The summed E-state index contributed by atoms with van der Waals surface area (Å²) in [5.41, 5.74) is 2.29. The van der Waals surface area contributed by atoms with Crippen LogP contribution in [0.15, 0.2) is 82.8 Å². The third-order valence-corrected chi connectivity index (χ3v) is 9.73. The topological polar surface area (TPSA) is 116 Å². The van der Waals surface area contributed by atoms with Crippen LogP contribution in [0.1, 0.15) is 26.3 Å². The predicted octanol–water partition coefficient (Wildman–Crippen LogP) is 4.49. The number of ether oxygens (including phenoxy) is 2. The zero-order chi connectivity index (χ0) is 29.0. The molecule has 10 nitrogen and oxygen atoms in total. The third kappa shape index (κ3) is 6.09. The quantitative estimate of drug-likeness (QED) is 0.253. The van der Waals surface area contributed by atoms with E-state index in [1.54, 1.807) is 31.2 Å². The molecule has 1 aliphatic rings. The van der Waals surface area contributed by atoms with Crippen molar-refractivity contribution in [3.8, 4) is 28.6 Å². The molecule has 3 aromatic carbocycles. The van der Waals surface area contributed by atoms with Crippen molar-refractivity contribution in [1.82, 2.24) is 24.4 Å². The second-order valence-electron chi connectivity index (χ2n) is 9.26. The van der Waals surface area contributed by atoms with Crippen molar-refractivity contribution < 1.29 is 22.7 Å². The van der Waals surface area contributed by atoms with Crippen LogP contribution in [0.5, 0.6) is 11.5 Å². The van der Waals surface area contributed by atoms with E-state index in [1.165, 1.54) is 16.1 Å². The normalized spacial score (nSPS) is 13.4. The number of nitrogens with one attached hydrogen (secondary N) is 1. The van der Waals surface area contributed by atoms with Gasteiger partial charge in [-0.1, -0.05) is 62.0 Å². The van der Waals surface area contributed by atoms with Crippen molar-refractivity contribution in [3.05, 3.63) is 78.4 Å². The summed E-state index contributed by atoms with van der Waals surface area (Å²) in [6.45, 7) is 6.71. The van der Waals surface area contributed by atoms with Gasteiger partial charge in [0.2, 0.25) is 22.7 Å². The second kappa shape index (κ2) is 12.3. The molecule has 0 saturated carbocycles. The maximum Gasteiger partial charge on any atom is 0.243 e. The van der Waals surface area contributed by atoms with E-state index in [1.807, 2.05) is 66.9 Å². The van der Waals surface area contributed by atoms with E-state index in [0.29, 0.717) is 47.7 Å². The minimum atomic E-state index is -3.66. The van der Waals surface area contributed by atoms with Gasteiger partial charge < -0.3 is 14.8 Å². The smallest absolute Gasteiger partial charge is 0.243 e. The number of benzene rings is 3. The number of hydrogen-bond acceptors (Lipinski definition) is 8. The molecular formula is C29H31N5O5S2. The Labute approximate surface area is 243 Å². The van der Waals surface area contributed by atoms with Crippen LogP contribution in [0.3, 0.4) is 0 Å². The van der Waals surface area contributed by atoms with Gasteiger partial charge >= 0.3 is 0 Å². The van der Waals surface area contributed by atoms with Gasteiger partial charge in [0, 0.05) is 30.9 Å². The zero-order valence-electron chi connectivity index (χ0n) is 23.0. The molecule has 1 amide bonds. The van der Waals surface area contributed by atoms with Gasteiger partial charge in [0.05, 0.1) is 10.1 Å². The average molecular weight is 594 g/mol. The molecule has 1 N–H and O–H groups in total. The standard InChI is InChI=1S/C29H31N5O5S2/c1-4-33(5-2)41(36,37)24-13-9-10-22(17-24)27-31-32-29(34(27)23-11-7-6-8-12-23)40-20(3)28(35)30-18-21-14-15-25-26(16-21)39-19-38-25/h6-17,20H,4-5,18-19H2,1-3H3,(H,30,35)/t20-/m0/s1. The van der Waals surface area contributed by atoms with Crippen LogP contribution in [-0.2, 0) is 21.4 Å². The van der Waals surface area contributed by atoms with Crippen LogP contribution in [0, 0.1) is 0 Å². The lowest BCUT2D eigenvalue weighted by atomic mass is 10.2. The van der Waals surface area contributed by atoms with Gasteiger partial charge in [-0.25, -0.2) is 8.42 Å². The lowest BCUT2D eigenvalue weighted by molar-refractivity contribution is -0.120. The molecule has 214 valence electrons. The fourth-order valence-electron chi connectivity index (χ4n) is 4.45. The van der Waals surface area contributed by atoms with E-state index in [0.717, 1.165) is 11.3 Å². The summed E-state index contributed by atoms with van der Waals surface area (Å²) in [4.78, 5) is 13.2. The first-order valence-corrected chi connectivity index (χ1v) is 15.6. The Balaban J connectivity index is 1.40. The van der Waals surface area contributed by atoms with Gasteiger partial charge in [-0.2, -0.15) is 4.31 Å². The third-order valence-electron chi connectivity index (χ3n) is 6.64. The van der Waals surface area contributed by atoms with Gasteiger partial charge in [-0.15, -0.1) is 10.2 Å². The molecule has 0 spiro atoms. The van der Waals surface area contributed by atoms with E-state index < -0.39 is 15.3 Å². The Hall–Kier alpha value is -3.87. The Kier molecular flexibility index (Phi) is 8.62. The number of thioether (sulfide) groups is 1. The maximum atomic E-state index is 13.2. The van der Waals surface area contributed by atoms with Crippen molar-refractivity contribution in [2.45, 2.75) is 42.6 Å². The van der Waals surface area contributed by atoms with Crippen molar-refractivity contribution in [3.63, 3.8) is 0 Å². The highest BCUT2D eigenvalue weighted by Crippen LogP contribution is 2.33. The summed E-state index contributed by atoms with van der Waals surface area (Å²) in [5, 5.41) is 11.8. The summed E-state index contributed by atoms with van der Waals surface area (Å²) in [6.07, 6.45) is 0. The lowest BCUT2D eigenvalue weighted by Gasteiger charge is -2.19. The molecule has 2 heterocycles. The molecule has 0 aliphatic carbocycles. The predicted molar refractivity (Wildman–Crippen MR) is 157 cm³/mol. The highest BCUT2D eigenvalue weighted by atomic mass is 32.2. The number of para-hydroxylation sites is 1. The fraction of sp³-hybridized carbons (Fsp3) is 0.276. The molecule has 1 atom stereocenters.